The van der Waals surface area contributed by atoms with Crippen LogP contribution in [0.3, 0.4) is 0 Å². The molecule has 0 spiro atoms. The minimum atomic E-state index is -0.282. The highest BCUT2D eigenvalue weighted by atomic mass is 35.5. The van der Waals surface area contributed by atoms with Crippen molar-refractivity contribution in [2.24, 2.45) is 0 Å². The van der Waals surface area contributed by atoms with E-state index < -0.39 is 0 Å². The van der Waals surface area contributed by atoms with E-state index in [1.807, 2.05) is 12.1 Å². The molecule has 0 bridgehead atoms. The number of nitrogens with one attached hydrogen (secondary N) is 1. The van der Waals surface area contributed by atoms with Crippen LogP contribution in [-0.2, 0) is 11.2 Å². The summed E-state index contributed by atoms with van der Waals surface area (Å²) in [5.74, 6) is 0.892. The standard InChI is InChI=1S/C14H21NO2.ClH/c1-13(2)10-17-14(3,15-13)9-11-6-5-7-12(8-11)16-4;/h5-8,15H,9-10H2,1-4H3;1H. The zero-order valence-corrected chi connectivity index (χ0v) is 12.3. The fourth-order valence-corrected chi connectivity index (χ4v) is 2.39. The molecule has 0 amide bonds. The van der Waals surface area contributed by atoms with Gasteiger partial charge in [0, 0.05) is 12.0 Å². The third kappa shape index (κ3) is 3.61. The van der Waals surface area contributed by atoms with Crippen LogP contribution in [0.4, 0.5) is 0 Å². The van der Waals surface area contributed by atoms with Gasteiger partial charge in [-0.1, -0.05) is 12.1 Å². The molecule has 2 rings (SSSR count). The Labute approximate surface area is 115 Å². The molecule has 0 saturated carbocycles. The van der Waals surface area contributed by atoms with Gasteiger partial charge in [0.15, 0.2) is 0 Å². The number of rotatable bonds is 3. The van der Waals surface area contributed by atoms with E-state index in [4.69, 9.17) is 9.47 Å². The lowest BCUT2D eigenvalue weighted by Crippen LogP contribution is -2.47. The molecule has 102 valence electrons. The maximum Gasteiger partial charge on any atom is 0.121 e. The van der Waals surface area contributed by atoms with Crippen LogP contribution in [0.15, 0.2) is 24.3 Å². The van der Waals surface area contributed by atoms with E-state index in [0.717, 1.165) is 18.8 Å². The number of hydrogen-bond acceptors (Lipinski definition) is 3. The number of benzene rings is 1. The second-order valence-corrected chi connectivity index (χ2v) is 5.56. The Balaban J connectivity index is 0.00000162. The second kappa shape index (κ2) is 5.47. The van der Waals surface area contributed by atoms with Gasteiger partial charge in [0.05, 0.1) is 13.7 Å². The number of halogens is 1. The minimum Gasteiger partial charge on any atom is -0.497 e. The van der Waals surface area contributed by atoms with Gasteiger partial charge in [0.2, 0.25) is 0 Å². The molecular formula is C14H22ClNO2. The average Bonchev–Trinajstić information content (AvgIpc) is 2.53. The van der Waals surface area contributed by atoms with Crippen molar-refractivity contribution in [1.82, 2.24) is 5.32 Å². The topological polar surface area (TPSA) is 30.5 Å². The zero-order valence-electron chi connectivity index (χ0n) is 11.4. The van der Waals surface area contributed by atoms with Gasteiger partial charge in [-0.15, -0.1) is 12.4 Å². The first-order valence-corrected chi connectivity index (χ1v) is 5.99. The molecule has 4 heteroatoms. The van der Waals surface area contributed by atoms with E-state index in [1.54, 1.807) is 7.11 Å². The first kappa shape index (κ1) is 15.3. The maximum absolute atomic E-state index is 5.88. The molecular weight excluding hydrogens is 250 g/mol. The monoisotopic (exact) mass is 271 g/mol. The van der Waals surface area contributed by atoms with E-state index in [2.05, 4.69) is 38.2 Å². The summed E-state index contributed by atoms with van der Waals surface area (Å²) in [4.78, 5) is 0. The van der Waals surface area contributed by atoms with Crippen molar-refractivity contribution < 1.29 is 9.47 Å². The highest BCUT2D eigenvalue weighted by Crippen LogP contribution is 2.27. The summed E-state index contributed by atoms with van der Waals surface area (Å²) in [6.45, 7) is 7.16. The van der Waals surface area contributed by atoms with Crippen molar-refractivity contribution in [3.63, 3.8) is 0 Å². The van der Waals surface area contributed by atoms with Crippen LogP contribution in [-0.4, -0.2) is 25.0 Å². The molecule has 18 heavy (non-hydrogen) atoms. The molecule has 3 nitrogen and oxygen atoms in total. The minimum absolute atomic E-state index is 0. The molecule has 1 aliphatic heterocycles. The smallest absolute Gasteiger partial charge is 0.121 e. The van der Waals surface area contributed by atoms with Crippen molar-refractivity contribution in [2.45, 2.75) is 38.5 Å². The normalized spacial score (nSPS) is 25.6. The molecule has 0 aromatic heterocycles. The Kier molecular flexibility index (Phi) is 4.65. The van der Waals surface area contributed by atoms with Crippen molar-refractivity contribution in [2.75, 3.05) is 13.7 Å². The lowest BCUT2D eigenvalue weighted by atomic mass is 10.0. The summed E-state index contributed by atoms with van der Waals surface area (Å²) < 4.78 is 11.1. The maximum atomic E-state index is 5.88. The molecule has 1 fully saturated rings. The molecule has 1 heterocycles. The van der Waals surface area contributed by atoms with E-state index in [0.29, 0.717) is 0 Å². The van der Waals surface area contributed by atoms with Crippen LogP contribution < -0.4 is 10.1 Å². The summed E-state index contributed by atoms with van der Waals surface area (Å²) in [5, 5.41) is 3.53. The molecule has 0 aliphatic carbocycles. The van der Waals surface area contributed by atoms with Gasteiger partial charge < -0.3 is 9.47 Å². The Bertz CT molecular complexity index is 409. The lowest BCUT2D eigenvalue weighted by Gasteiger charge is -2.26. The van der Waals surface area contributed by atoms with E-state index in [-0.39, 0.29) is 23.7 Å². The summed E-state index contributed by atoms with van der Waals surface area (Å²) >= 11 is 0. The van der Waals surface area contributed by atoms with Crippen LogP contribution in [0.2, 0.25) is 0 Å². The molecule has 1 atom stereocenters. The Morgan fingerprint density at radius 1 is 1.33 bits per heavy atom. The fraction of sp³-hybridized carbons (Fsp3) is 0.571. The van der Waals surface area contributed by atoms with Crippen LogP contribution in [0.5, 0.6) is 5.75 Å². The Hall–Kier alpha value is -0.770. The van der Waals surface area contributed by atoms with Crippen LogP contribution in [0.1, 0.15) is 26.3 Å². The van der Waals surface area contributed by atoms with Gasteiger partial charge in [-0.3, -0.25) is 5.32 Å². The van der Waals surface area contributed by atoms with Gasteiger partial charge in [0.1, 0.15) is 11.5 Å². The number of ether oxygens (including phenoxy) is 2. The molecule has 1 unspecified atom stereocenters. The predicted molar refractivity (Wildman–Crippen MR) is 75.5 cm³/mol. The zero-order chi connectivity index (χ0) is 12.5. The number of methoxy groups -OCH3 is 1. The number of hydrogen-bond donors (Lipinski definition) is 1. The van der Waals surface area contributed by atoms with Crippen LogP contribution in [0, 0.1) is 0 Å². The van der Waals surface area contributed by atoms with Gasteiger partial charge in [-0.2, -0.15) is 0 Å². The highest BCUT2D eigenvalue weighted by Gasteiger charge is 2.39. The third-order valence-electron chi connectivity index (χ3n) is 3.03. The van der Waals surface area contributed by atoms with E-state index in [1.165, 1.54) is 5.56 Å². The average molecular weight is 272 g/mol. The Morgan fingerprint density at radius 2 is 2.06 bits per heavy atom. The molecule has 1 aromatic rings. The second-order valence-electron chi connectivity index (χ2n) is 5.56. The van der Waals surface area contributed by atoms with Crippen molar-refractivity contribution in [1.29, 1.82) is 0 Å². The third-order valence-corrected chi connectivity index (χ3v) is 3.03. The van der Waals surface area contributed by atoms with E-state index >= 15 is 0 Å². The van der Waals surface area contributed by atoms with Crippen molar-refractivity contribution >= 4 is 12.4 Å². The van der Waals surface area contributed by atoms with Gasteiger partial charge in [0.25, 0.3) is 0 Å². The highest BCUT2D eigenvalue weighted by molar-refractivity contribution is 5.85. The molecule has 1 aromatic carbocycles. The first-order chi connectivity index (χ1) is 7.92. The van der Waals surface area contributed by atoms with Crippen LogP contribution >= 0.6 is 12.4 Å². The van der Waals surface area contributed by atoms with Gasteiger partial charge in [-0.05, 0) is 38.5 Å². The first-order valence-electron chi connectivity index (χ1n) is 5.99. The Morgan fingerprint density at radius 3 is 2.61 bits per heavy atom. The summed E-state index contributed by atoms with van der Waals surface area (Å²) in [7, 11) is 1.69. The largest absolute Gasteiger partial charge is 0.497 e. The molecule has 1 saturated heterocycles. The fourth-order valence-electron chi connectivity index (χ4n) is 2.39. The predicted octanol–water partition coefficient (Wildman–Crippen LogP) is 2.77. The van der Waals surface area contributed by atoms with E-state index in [9.17, 15) is 0 Å². The quantitative estimate of drug-likeness (QED) is 0.917. The van der Waals surface area contributed by atoms with Gasteiger partial charge in [-0.25, -0.2) is 0 Å². The molecule has 1 aliphatic rings. The van der Waals surface area contributed by atoms with Crippen molar-refractivity contribution in [3.05, 3.63) is 29.8 Å². The molecule has 1 N–H and O–H groups in total. The summed E-state index contributed by atoms with van der Waals surface area (Å²) in [6, 6.07) is 8.13. The van der Waals surface area contributed by atoms with Crippen LogP contribution in [0.25, 0.3) is 0 Å². The summed E-state index contributed by atoms with van der Waals surface area (Å²) in [6.07, 6.45) is 0.841. The SMILES string of the molecule is COc1cccc(CC2(C)NC(C)(C)CO2)c1.Cl. The van der Waals surface area contributed by atoms with Gasteiger partial charge >= 0.3 is 0 Å². The summed E-state index contributed by atoms with van der Waals surface area (Å²) in [5.41, 5.74) is 0.987. The molecule has 0 radical (unpaired) electrons. The van der Waals surface area contributed by atoms with Crippen molar-refractivity contribution in [3.8, 4) is 5.75 Å². The lowest BCUT2D eigenvalue weighted by molar-refractivity contribution is 0.00667.